The number of anilines is 1. The molecule has 0 saturated carbocycles. The number of rotatable bonds is 5. The van der Waals surface area contributed by atoms with E-state index >= 15 is 0 Å². The fourth-order valence-corrected chi connectivity index (χ4v) is 2.32. The summed E-state index contributed by atoms with van der Waals surface area (Å²) in [6.07, 6.45) is -4.80. The van der Waals surface area contributed by atoms with Gasteiger partial charge in [0.2, 0.25) is 0 Å². The molecule has 0 fully saturated rings. The summed E-state index contributed by atoms with van der Waals surface area (Å²) in [5.74, 6) is -0.892. The van der Waals surface area contributed by atoms with E-state index in [0.29, 0.717) is 24.7 Å². The van der Waals surface area contributed by atoms with Gasteiger partial charge < -0.3 is 24.3 Å². The average molecular weight is 397 g/mol. The van der Waals surface area contributed by atoms with E-state index in [2.05, 4.69) is 10.1 Å². The molecule has 28 heavy (non-hydrogen) atoms. The van der Waals surface area contributed by atoms with Crippen molar-refractivity contribution in [2.75, 3.05) is 25.1 Å². The van der Waals surface area contributed by atoms with Gasteiger partial charge in [0, 0.05) is 5.69 Å². The molecular formula is C18H14F3NO6. The van der Waals surface area contributed by atoms with E-state index < -0.39 is 30.6 Å². The van der Waals surface area contributed by atoms with Crippen molar-refractivity contribution in [3.63, 3.8) is 0 Å². The number of esters is 1. The number of ether oxygens (including phenoxy) is 4. The van der Waals surface area contributed by atoms with E-state index in [9.17, 15) is 22.8 Å². The van der Waals surface area contributed by atoms with Gasteiger partial charge in [-0.05, 0) is 42.5 Å². The van der Waals surface area contributed by atoms with E-state index in [1.165, 1.54) is 24.3 Å². The van der Waals surface area contributed by atoms with E-state index in [1.807, 2.05) is 0 Å². The summed E-state index contributed by atoms with van der Waals surface area (Å²) >= 11 is 0. The van der Waals surface area contributed by atoms with Crippen molar-refractivity contribution in [1.29, 1.82) is 0 Å². The summed E-state index contributed by atoms with van der Waals surface area (Å²) in [5, 5.41) is 2.39. The fraction of sp³-hybridized carbons (Fsp3) is 0.222. The molecule has 148 valence electrons. The molecule has 0 atom stereocenters. The molecule has 1 amide bonds. The molecule has 1 aliphatic heterocycles. The standard InChI is InChI=1S/C18H14F3NO6/c19-18(20,21)28-13-4-2-12(3-5-13)22-16(23)10-27-17(24)11-1-6-14-15(9-11)26-8-7-25-14/h1-6,9H,7-8,10H2,(H,22,23). The van der Waals surface area contributed by atoms with Crippen LogP contribution < -0.4 is 19.5 Å². The average Bonchev–Trinajstić information content (AvgIpc) is 2.66. The van der Waals surface area contributed by atoms with Gasteiger partial charge in [0.15, 0.2) is 18.1 Å². The number of nitrogens with one attached hydrogen (secondary N) is 1. The zero-order valence-corrected chi connectivity index (χ0v) is 14.2. The van der Waals surface area contributed by atoms with Gasteiger partial charge in [-0.1, -0.05) is 0 Å². The fourth-order valence-electron chi connectivity index (χ4n) is 2.32. The molecule has 0 bridgehead atoms. The van der Waals surface area contributed by atoms with Gasteiger partial charge in [-0.2, -0.15) is 0 Å². The molecule has 0 unspecified atom stereocenters. The van der Waals surface area contributed by atoms with Crippen LogP contribution in [-0.2, 0) is 9.53 Å². The Hall–Kier alpha value is -3.43. The zero-order valence-electron chi connectivity index (χ0n) is 14.2. The largest absolute Gasteiger partial charge is 0.573 e. The van der Waals surface area contributed by atoms with Gasteiger partial charge in [-0.3, -0.25) is 4.79 Å². The highest BCUT2D eigenvalue weighted by molar-refractivity contribution is 5.95. The highest BCUT2D eigenvalue weighted by atomic mass is 19.4. The number of hydrogen-bond donors (Lipinski definition) is 1. The molecular weight excluding hydrogens is 383 g/mol. The Morgan fingerprint density at radius 2 is 1.68 bits per heavy atom. The van der Waals surface area contributed by atoms with E-state index in [0.717, 1.165) is 12.1 Å². The summed E-state index contributed by atoms with van der Waals surface area (Å²) in [7, 11) is 0. The molecule has 0 saturated heterocycles. The molecule has 1 heterocycles. The summed E-state index contributed by atoms with van der Waals surface area (Å²) in [6, 6.07) is 9.04. The van der Waals surface area contributed by atoms with Crippen LogP contribution in [0.15, 0.2) is 42.5 Å². The topological polar surface area (TPSA) is 83.1 Å². The van der Waals surface area contributed by atoms with Crippen molar-refractivity contribution in [3.8, 4) is 17.2 Å². The molecule has 2 aromatic carbocycles. The van der Waals surface area contributed by atoms with Crippen LogP contribution in [0, 0.1) is 0 Å². The Labute approximate surface area is 156 Å². The monoisotopic (exact) mass is 397 g/mol. The highest BCUT2D eigenvalue weighted by Gasteiger charge is 2.31. The van der Waals surface area contributed by atoms with Gasteiger partial charge in [0.05, 0.1) is 5.56 Å². The normalized spacial score (nSPS) is 12.8. The van der Waals surface area contributed by atoms with Crippen LogP contribution in [0.25, 0.3) is 0 Å². The number of carbonyl (C=O) groups excluding carboxylic acids is 2. The maximum absolute atomic E-state index is 12.1. The summed E-state index contributed by atoms with van der Waals surface area (Å²) in [6.45, 7) is 0.203. The van der Waals surface area contributed by atoms with Crippen molar-refractivity contribution < 1.29 is 41.7 Å². The van der Waals surface area contributed by atoms with Crippen LogP contribution in [0.4, 0.5) is 18.9 Å². The molecule has 1 N–H and O–H groups in total. The number of benzene rings is 2. The van der Waals surface area contributed by atoms with Crippen LogP contribution in [0.1, 0.15) is 10.4 Å². The molecule has 0 aliphatic carbocycles. The lowest BCUT2D eigenvalue weighted by atomic mass is 10.2. The van der Waals surface area contributed by atoms with Crippen molar-refractivity contribution >= 4 is 17.6 Å². The minimum absolute atomic E-state index is 0.186. The first-order valence-corrected chi connectivity index (χ1v) is 8.02. The Morgan fingerprint density at radius 1 is 1.00 bits per heavy atom. The lowest BCUT2D eigenvalue weighted by Gasteiger charge is -2.18. The van der Waals surface area contributed by atoms with Crippen molar-refractivity contribution in [1.82, 2.24) is 0 Å². The van der Waals surface area contributed by atoms with Gasteiger partial charge in [0.1, 0.15) is 19.0 Å². The van der Waals surface area contributed by atoms with E-state index in [4.69, 9.17) is 14.2 Å². The number of alkyl halides is 3. The molecule has 10 heteroatoms. The number of carbonyl (C=O) groups is 2. The maximum atomic E-state index is 12.1. The zero-order chi connectivity index (χ0) is 20.1. The summed E-state index contributed by atoms with van der Waals surface area (Å²) in [5.41, 5.74) is 0.403. The molecule has 1 aliphatic rings. The maximum Gasteiger partial charge on any atom is 0.573 e. The minimum atomic E-state index is -4.80. The van der Waals surface area contributed by atoms with Crippen molar-refractivity contribution in [2.24, 2.45) is 0 Å². The van der Waals surface area contributed by atoms with Crippen LogP contribution in [0.2, 0.25) is 0 Å². The second kappa shape index (κ2) is 8.07. The third-order valence-electron chi connectivity index (χ3n) is 3.48. The number of halogens is 3. The van der Waals surface area contributed by atoms with Gasteiger partial charge in [-0.15, -0.1) is 13.2 Å². The third-order valence-corrected chi connectivity index (χ3v) is 3.48. The Kier molecular flexibility index (Phi) is 5.57. The first-order valence-electron chi connectivity index (χ1n) is 8.02. The molecule has 3 rings (SSSR count). The smallest absolute Gasteiger partial charge is 0.486 e. The first-order chi connectivity index (χ1) is 13.3. The quantitative estimate of drug-likeness (QED) is 0.781. The van der Waals surface area contributed by atoms with E-state index in [1.54, 1.807) is 6.07 Å². The Balaban J connectivity index is 1.50. The highest BCUT2D eigenvalue weighted by Crippen LogP contribution is 2.31. The Bertz CT molecular complexity index is 867. The SMILES string of the molecule is O=C(COC(=O)c1ccc2c(c1)OCCO2)Nc1ccc(OC(F)(F)F)cc1. The van der Waals surface area contributed by atoms with E-state index in [-0.39, 0.29) is 11.3 Å². The van der Waals surface area contributed by atoms with Crippen LogP contribution in [0.3, 0.4) is 0 Å². The Morgan fingerprint density at radius 3 is 2.36 bits per heavy atom. The van der Waals surface area contributed by atoms with Gasteiger partial charge in [0.25, 0.3) is 5.91 Å². The summed E-state index contributed by atoms with van der Waals surface area (Å²) < 4.78 is 55.7. The predicted octanol–water partition coefficient (Wildman–Crippen LogP) is 3.15. The summed E-state index contributed by atoms with van der Waals surface area (Å²) in [4.78, 5) is 23.9. The lowest BCUT2D eigenvalue weighted by molar-refractivity contribution is -0.274. The number of amides is 1. The number of fused-ring (bicyclic) bond motifs is 1. The number of hydrogen-bond acceptors (Lipinski definition) is 6. The molecule has 2 aromatic rings. The molecule has 0 spiro atoms. The second-order valence-corrected chi connectivity index (χ2v) is 5.55. The van der Waals surface area contributed by atoms with Crippen LogP contribution in [-0.4, -0.2) is 38.1 Å². The third kappa shape index (κ3) is 5.29. The molecule has 7 nitrogen and oxygen atoms in total. The van der Waals surface area contributed by atoms with Gasteiger partial charge >= 0.3 is 12.3 Å². The van der Waals surface area contributed by atoms with Crippen LogP contribution in [0.5, 0.6) is 17.2 Å². The first kappa shape index (κ1) is 19.3. The predicted molar refractivity (Wildman–Crippen MR) is 89.5 cm³/mol. The van der Waals surface area contributed by atoms with Crippen molar-refractivity contribution in [2.45, 2.75) is 6.36 Å². The second-order valence-electron chi connectivity index (χ2n) is 5.55. The molecule has 0 radical (unpaired) electrons. The van der Waals surface area contributed by atoms with Crippen molar-refractivity contribution in [3.05, 3.63) is 48.0 Å². The minimum Gasteiger partial charge on any atom is -0.486 e. The van der Waals surface area contributed by atoms with Gasteiger partial charge in [-0.25, -0.2) is 4.79 Å². The molecule has 0 aromatic heterocycles. The van der Waals surface area contributed by atoms with Crippen LogP contribution >= 0.6 is 0 Å². The lowest BCUT2D eigenvalue weighted by Crippen LogP contribution is -2.21.